The predicted molar refractivity (Wildman–Crippen MR) is 137 cm³/mol. The number of fused-ring (bicyclic) bond motifs is 1. The van der Waals surface area contributed by atoms with Gasteiger partial charge in [-0.25, -0.2) is 4.68 Å². The van der Waals surface area contributed by atoms with Crippen LogP contribution < -0.4 is 0 Å². The van der Waals surface area contributed by atoms with Crippen molar-refractivity contribution in [3.63, 3.8) is 0 Å². The van der Waals surface area contributed by atoms with Crippen LogP contribution in [0.2, 0.25) is 10.0 Å². The van der Waals surface area contributed by atoms with Crippen molar-refractivity contribution in [3.05, 3.63) is 81.7 Å². The molecule has 0 saturated carbocycles. The van der Waals surface area contributed by atoms with Crippen LogP contribution in [0.3, 0.4) is 0 Å². The fraction of sp³-hybridized carbons (Fsp3) is 0.308. The largest absolute Gasteiger partial charge is 0.325 e. The smallest absolute Gasteiger partial charge is 0.276 e. The number of benzene rings is 2. The molecule has 0 spiro atoms. The van der Waals surface area contributed by atoms with Crippen molar-refractivity contribution in [1.82, 2.24) is 29.7 Å². The third kappa shape index (κ3) is 4.23. The highest BCUT2D eigenvalue weighted by atomic mass is 35.5. The SMILES string of the molecule is CCC1Cc2c(nn(C)c2-c2cc(Cl)cc(Cl)c2)C(CC)N1C(=O)c1cn(-c2ccccc2)nn1. The number of para-hydroxylation sites is 1. The number of hydrogen-bond donors (Lipinski definition) is 0. The predicted octanol–water partition coefficient (Wildman–Crippen LogP) is 5.90. The second-order valence-electron chi connectivity index (χ2n) is 8.78. The van der Waals surface area contributed by atoms with Gasteiger partial charge in [-0.05, 0) is 49.6 Å². The van der Waals surface area contributed by atoms with E-state index in [0.29, 0.717) is 22.2 Å². The summed E-state index contributed by atoms with van der Waals surface area (Å²) in [6.07, 6.45) is 3.92. The molecule has 2 atom stereocenters. The maximum Gasteiger partial charge on any atom is 0.276 e. The number of aromatic nitrogens is 5. The molecule has 3 heterocycles. The standard InChI is InChI=1S/C26H26Cl2N6O/c1-4-19-14-21-24(30-32(3)25(21)16-11-17(27)13-18(28)12-16)23(5-2)34(19)26(35)22-15-33(31-29-22)20-9-7-6-8-10-20/h6-13,15,19,23H,4-5,14H2,1-3H3. The van der Waals surface area contributed by atoms with Crippen LogP contribution in [-0.2, 0) is 13.5 Å². The zero-order valence-corrected chi connectivity index (χ0v) is 21.3. The average molecular weight is 509 g/mol. The summed E-state index contributed by atoms with van der Waals surface area (Å²) >= 11 is 12.6. The lowest BCUT2D eigenvalue weighted by molar-refractivity contribution is 0.0506. The zero-order valence-electron chi connectivity index (χ0n) is 19.8. The fourth-order valence-electron chi connectivity index (χ4n) is 5.07. The summed E-state index contributed by atoms with van der Waals surface area (Å²) in [7, 11) is 1.92. The molecule has 2 aromatic heterocycles. The number of amides is 1. The molecule has 5 rings (SSSR count). The highest BCUT2D eigenvalue weighted by molar-refractivity contribution is 6.35. The Kier molecular flexibility index (Phi) is 6.38. The minimum atomic E-state index is -0.173. The van der Waals surface area contributed by atoms with Gasteiger partial charge in [0.2, 0.25) is 0 Å². The molecular weight excluding hydrogens is 483 g/mol. The van der Waals surface area contributed by atoms with Crippen LogP contribution in [0, 0.1) is 0 Å². The Morgan fingerprint density at radius 3 is 2.43 bits per heavy atom. The Morgan fingerprint density at radius 2 is 1.77 bits per heavy atom. The van der Waals surface area contributed by atoms with Crippen molar-refractivity contribution in [1.29, 1.82) is 0 Å². The minimum Gasteiger partial charge on any atom is -0.325 e. The molecule has 9 heteroatoms. The molecule has 1 aliphatic heterocycles. The van der Waals surface area contributed by atoms with Crippen molar-refractivity contribution >= 4 is 29.1 Å². The molecule has 2 aromatic carbocycles. The van der Waals surface area contributed by atoms with E-state index >= 15 is 0 Å². The van der Waals surface area contributed by atoms with Gasteiger partial charge in [-0.1, -0.05) is 60.5 Å². The monoisotopic (exact) mass is 508 g/mol. The molecule has 1 amide bonds. The van der Waals surface area contributed by atoms with Crippen LogP contribution in [-0.4, -0.2) is 41.6 Å². The Bertz CT molecular complexity index is 1360. The number of halogens is 2. The summed E-state index contributed by atoms with van der Waals surface area (Å²) in [5.41, 5.74) is 5.15. The van der Waals surface area contributed by atoms with Crippen molar-refractivity contribution in [2.45, 2.75) is 45.2 Å². The summed E-state index contributed by atoms with van der Waals surface area (Å²) in [6.45, 7) is 4.19. The van der Waals surface area contributed by atoms with E-state index in [1.165, 1.54) is 0 Å². The number of hydrogen-bond acceptors (Lipinski definition) is 4. The Morgan fingerprint density at radius 1 is 1.06 bits per heavy atom. The van der Waals surface area contributed by atoms with Crippen LogP contribution in [0.15, 0.2) is 54.7 Å². The van der Waals surface area contributed by atoms with Crippen LogP contribution in [0.4, 0.5) is 0 Å². The van der Waals surface area contributed by atoms with Crippen LogP contribution in [0.25, 0.3) is 16.9 Å². The lowest BCUT2D eigenvalue weighted by Gasteiger charge is -2.40. The molecule has 0 N–H and O–H groups in total. The topological polar surface area (TPSA) is 68.8 Å². The lowest BCUT2D eigenvalue weighted by Crippen LogP contribution is -2.47. The first kappa shape index (κ1) is 23.6. The van der Waals surface area contributed by atoms with Gasteiger partial charge >= 0.3 is 0 Å². The van der Waals surface area contributed by atoms with Gasteiger partial charge in [0.25, 0.3) is 5.91 Å². The van der Waals surface area contributed by atoms with Gasteiger partial charge in [0.05, 0.1) is 29.3 Å². The molecule has 180 valence electrons. The molecule has 4 aromatic rings. The molecule has 35 heavy (non-hydrogen) atoms. The summed E-state index contributed by atoms with van der Waals surface area (Å²) in [5.74, 6) is -0.130. The fourth-order valence-corrected chi connectivity index (χ4v) is 5.59. The normalized spacial score (nSPS) is 17.5. The second kappa shape index (κ2) is 9.47. The average Bonchev–Trinajstić information content (AvgIpc) is 3.46. The van der Waals surface area contributed by atoms with E-state index in [9.17, 15) is 4.79 Å². The number of aryl methyl sites for hydroxylation is 1. The summed E-state index contributed by atoms with van der Waals surface area (Å²) < 4.78 is 3.51. The first-order chi connectivity index (χ1) is 16.9. The second-order valence-corrected chi connectivity index (χ2v) is 9.65. The zero-order chi connectivity index (χ0) is 24.7. The third-order valence-corrected chi connectivity index (χ3v) is 7.06. The summed E-state index contributed by atoms with van der Waals surface area (Å²) in [4.78, 5) is 15.7. The number of nitrogens with zero attached hydrogens (tertiary/aromatic N) is 6. The van der Waals surface area contributed by atoms with Crippen LogP contribution in [0.1, 0.15) is 54.5 Å². The minimum absolute atomic E-state index is 0.000526. The highest BCUT2D eigenvalue weighted by Crippen LogP contribution is 2.41. The number of carbonyl (C=O) groups is 1. The molecule has 0 radical (unpaired) electrons. The first-order valence-corrected chi connectivity index (χ1v) is 12.5. The Labute approximate surface area is 214 Å². The van der Waals surface area contributed by atoms with Crippen LogP contribution in [0.5, 0.6) is 0 Å². The summed E-state index contributed by atoms with van der Waals surface area (Å²) in [5, 5.41) is 14.5. The number of carbonyl (C=O) groups excluding carboxylic acids is 1. The first-order valence-electron chi connectivity index (χ1n) is 11.7. The van der Waals surface area contributed by atoms with E-state index in [1.54, 1.807) is 16.9 Å². The molecular formula is C26H26Cl2N6O. The van der Waals surface area contributed by atoms with Gasteiger partial charge in [0, 0.05) is 34.3 Å². The molecule has 0 saturated heterocycles. The Balaban J connectivity index is 1.55. The Hall–Kier alpha value is -3.16. The molecule has 0 aliphatic carbocycles. The lowest BCUT2D eigenvalue weighted by atomic mass is 9.87. The summed E-state index contributed by atoms with van der Waals surface area (Å²) in [6, 6.07) is 15.0. The van der Waals surface area contributed by atoms with Gasteiger partial charge in [0.1, 0.15) is 0 Å². The van der Waals surface area contributed by atoms with Gasteiger partial charge < -0.3 is 4.90 Å². The van der Waals surface area contributed by atoms with Crippen molar-refractivity contribution in [2.24, 2.45) is 7.05 Å². The van der Waals surface area contributed by atoms with Crippen LogP contribution >= 0.6 is 23.2 Å². The molecule has 0 fully saturated rings. The number of rotatable bonds is 5. The van der Waals surface area contributed by atoms with Crippen molar-refractivity contribution in [3.8, 4) is 16.9 Å². The van der Waals surface area contributed by atoms with E-state index in [0.717, 1.165) is 41.0 Å². The molecule has 0 bridgehead atoms. The molecule has 1 aliphatic rings. The third-order valence-electron chi connectivity index (χ3n) is 6.62. The van der Waals surface area contributed by atoms with Gasteiger partial charge in [-0.15, -0.1) is 5.10 Å². The van der Waals surface area contributed by atoms with E-state index < -0.39 is 0 Å². The van der Waals surface area contributed by atoms with Gasteiger partial charge in [-0.2, -0.15) is 5.10 Å². The molecule has 7 nitrogen and oxygen atoms in total. The maximum absolute atomic E-state index is 13.8. The van der Waals surface area contributed by atoms with E-state index in [2.05, 4.69) is 24.2 Å². The molecule has 2 unspecified atom stereocenters. The van der Waals surface area contributed by atoms with E-state index in [1.807, 2.05) is 59.1 Å². The van der Waals surface area contributed by atoms with E-state index in [4.69, 9.17) is 28.3 Å². The van der Waals surface area contributed by atoms with E-state index in [-0.39, 0.29) is 18.0 Å². The van der Waals surface area contributed by atoms with Crippen molar-refractivity contribution < 1.29 is 4.79 Å². The van der Waals surface area contributed by atoms with Gasteiger partial charge in [-0.3, -0.25) is 9.48 Å². The van der Waals surface area contributed by atoms with Gasteiger partial charge in [0.15, 0.2) is 5.69 Å². The highest BCUT2D eigenvalue weighted by Gasteiger charge is 2.40. The quantitative estimate of drug-likeness (QED) is 0.336. The maximum atomic E-state index is 13.8. The van der Waals surface area contributed by atoms with Crippen molar-refractivity contribution in [2.75, 3.05) is 0 Å².